The van der Waals surface area contributed by atoms with Crippen molar-refractivity contribution in [3.63, 3.8) is 0 Å². The molecule has 43 heavy (non-hydrogen) atoms. The first-order valence-corrected chi connectivity index (χ1v) is 12.8. The quantitative estimate of drug-likeness (QED) is 0.123. The van der Waals surface area contributed by atoms with Crippen molar-refractivity contribution in [1.29, 1.82) is 0 Å². The molecule has 0 bridgehead atoms. The number of ketones is 1. The summed E-state index contributed by atoms with van der Waals surface area (Å²) in [7, 11) is 0. The van der Waals surface area contributed by atoms with Gasteiger partial charge in [-0.25, -0.2) is 4.98 Å². The highest BCUT2D eigenvalue weighted by Crippen LogP contribution is 2.22. The molecule has 2 aromatic carbocycles. The molecule has 226 valence electrons. The minimum Gasteiger partial charge on any atom is -0.393 e. The summed E-state index contributed by atoms with van der Waals surface area (Å²) < 4.78 is 30.8. The lowest BCUT2D eigenvalue weighted by Gasteiger charge is -2.23. The largest absolute Gasteiger partial charge is 0.393 e. The predicted octanol–water partition coefficient (Wildman–Crippen LogP) is 0.585. The van der Waals surface area contributed by atoms with E-state index in [9.17, 15) is 42.9 Å². The van der Waals surface area contributed by atoms with Crippen LogP contribution in [0.4, 0.5) is 20.2 Å². The van der Waals surface area contributed by atoms with Crippen LogP contribution in [0, 0.1) is 10.1 Å². The van der Waals surface area contributed by atoms with Crippen molar-refractivity contribution in [2.24, 2.45) is 0 Å². The van der Waals surface area contributed by atoms with Crippen molar-refractivity contribution in [1.82, 2.24) is 25.5 Å². The maximum absolute atomic E-state index is 15.0. The molecule has 1 heterocycles. The molecule has 0 aliphatic heterocycles. The number of nitrogens with one attached hydrogen (secondary N) is 3. The number of anilines is 1. The molecule has 0 saturated heterocycles. The number of nitrogens with two attached hydrogens (primary N) is 1. The van der Waals surface area contributed by atoms with Gasteiger partial charge < -0.3 is 21.7 Å². The summed E-state index contributed by atoms with van der Waals surface area (Å²) in [5.74, 6) is -10.6. The Kier molecular flexibility index (Phi) is 10.3. The normalized spacial score (nSPS) is 11.7. The number of hydrogen-bond acceptors (Lipinski definition) is 9. The fraction of sp³-hybridized carbons (Fsp3) is 0.259. The molecule has 1 unspecified atom stereocenters. The van der Waals surface area contributed by atoms with E-state index in [1.807, 2.05) is 0 Å². The van der Waals surface area contributed by atoms with Crippen LogP contribution in [0.2, 0.25) is 0 Å². The summed E-state index contributed by atoms with van der Waals surface area (Å²) in [5, 5.41) is 17.2. The van der Waals surface area contributed by atoms with Crippen molar-refractivity contribution >= 4 is 34.9 Å². The van der Waals surface area contributed by atoms with Crippen molar-refractivity contribution < 1.29 is 32.9 Å². The van der Waals surface area contributed by atoms with Crippen LogP contribution in [-0.4, -0.2) is 63.0 Å². The van der Waals surface area contributed by atoms with E-state index in [1.165, 1.54) is 24.3 Å². The lowest BCUT2D eigenvalue weighted by Crippen LogP contribution is -2.56. The molecule has 16 heteroatoms. The molecule has 0 saturated carbocycles. The molecular formula is C27H27F2N7O7. The second-order valence-corrected chi connectivity index (χ2v) is 9.12. The Morgan fingerprint density at radius 2 is 1.70 bits per heavy atom. The second-order valence-electron chi connectivity index (χ2n) is 9.12. The maximum atomic E-state index is 15.0. The summed E-state index contributed by atoms with van der Waals surface area (Å²) in [5.41, 5.74) is 4.76. The first-order chi connectivity index (χ1) is 20.3. The van der Waals surface area contributed by atoms with Crippen LogP contribution >= 0.6 is 0 Å². The number of carbonyl (C=O) groups excluding carboxylic acids is 4. The van der Waals surface area contributed by atoms with E-state index < -0.39 is 65.5 Å². The van der Waals surface area contributed by atoms with Crippen molar-refractivity contribution in [3.8, 4) is 11.4 Å². The Bertz CT molecular complexity index is 1580. The van der Waals surface area contributed by atoms with E-state index in [4.69, 9.17) is 5.73 Å². The average Bonchev–Trinajstić information content (AvgIpc) is 2.98. The van der Waals surface area contributed by atoms with E-state index in [0.717, 1.165) is 22.9 Å². The van der Waals surface area contributed by atoms with Crippen molar-refractivity contribution in [2.45, 2.75) is 31.9 Å². The monoisotopic (exact) mass is 599 g/mol. The third-order valence-corrected chi connectivity index (χ3v) is 6.02. The van der Waals surface area contributed by atoms with Gasteiger partial charge >= 0.3 is 5.92 Å². The van der Waals surface area contributed by atoms with E-state index in [2.05, 4.69) is 15.6 Å². The highest BCUT2D eigenvalue weighted by molar-refractivity contribution is 6.11. The number of benzene rings is 2. The molecular weight excluding hydrogens is 572 g/mol. The fourth-order valence-corrected chi connectivity index (χ4v) is 3.92. The minimum atomic E-state index is -4.64. The smallest absolute Gasteiger partial charge is 0.383 e. The molecule has 5 N–H and O–H groups in total. The number of aromatic nitrogens is 2. The number of nitro groups is 1. The summed E-state index contributed by atoms with van der Waals surface area (Å²) >= 11 is 0. The topological polar surface area (TPSA) is 208 Å². The molecule has 3 aromatic rings. The number of carbonyl (C=O) groups is 4. The summed E-state index contributed by atoms with van der Waals surface area (Å²) in [6.07, 6.45) is 0.582. The zero-order valence-corrected chi connectivity index (χ0v) is 22.7. The highest BCUT2D eigenvalue weighted by Gasteiger charge is 2.50. The summed E-state index contributed by atoms with van der Waals surface area (Å²) in [4.78, 5) is 77.1. The molecule has 1 aromatic heterocycles. The summed E-state index contributed by atoms with van der Waals surface area (Å²) in [6, 6.07) is 10.7. The number of amides is 3. The Hall–Kier alpha value is -5.54. The molecule has 14 nitrogen and oxygen atoms in total. The fourth-order valence-electron chi connectivity index (χ4n) is 3.92. The van der Waals surface area contributed by atoms with Crippen LogP contribution in [0.1, 0.15) is 12.5 Å². The number of nitrogens with zero attached hydrogens (tertiary/aromatic N) is 3. The van der Waals surface area contributed by atoms with E-state index in [0.29, 0.717) is 5.56 Å². The molecule has 0 radical (unpaired) electrons. The SMILES string of the molecule is CCNC(=O)CNC(=O)C(F)(F)C(=O)C(Cc1ccccc1)NC(=O)Cn1c(-c2ccc([N+](=O)[O-])cc2)ncc(N)c1=O. The zero-order valence-electron chi connectivity index (χ0n) is 22.7. The lowest BCUT2D eigenvalue weighted by atomic mass is 9.98. The van der Waals surface area contributed by atoms with Gasteiger partial charge in [0.05, 0.1) is 23.7 Å². The first-order valence-electron chi connectivity index (χ1n) is 12.8. The number of hydrogen-bond donors (Lipinski definition) is 4. The predicted molar refractivity (Wildman–Crippen MR) is 149 cm³/mol. The number of halogens is 2. The highest BCUT2D eigenvalue weighted by atomic mass is 19.3. The number of alkyl halides is 2. The number of rotatable bonds is 13. The third-order valence-electron chi connectivity index (χ3n) is 6.02. The molecule has 0 spiro atoms. The second kappa shape index (κ2) is 13.9. The number of likely N-dealkylation sites (N-methyl/N-ethyl adjacent to an activating group) is 1. The van der Waals surface area contributed by atoms with Gasteiger partial charge in [0.15, 0.2) is 0 Å². The lowest BCUT2D eigenvalue weighted by molar-refractivity contribution is -0.384. The van der Waals surface area contributed by atoms with Crippen LogP contribution in [0.25, 0.3) is 11.4 Å². The molecule has 3 rings (SSSR count). The number of Topliss-reactive ketones (excluding diaryl/α,β-unsaturated/α-hetero) is 1. The Balaban J connectivity index is 1.89. The van der Waals surface area contributed by atoms with Crippen LogP contribution in [-0.2, 0) is 32.1 Å². The Labute approximate surface area is 242 Å². The van der Waals surface area contributed by atoms with Gasteiger partial charge in [-0.05, 0) is 24.6 Å². The molecule has 0 fully saturated rings. The summed E-state index contributed by atoms with van der Waals surface area (Å²) in [6.45, 7) is 0.128. The van der Waals surface area contributed by atoms with Gasteiger partial charge in [-0.1, -0.05) is 30.3 Å². The Morgan fingerprint density at radius 1 is 1.05 bits per heavy atom. The van der Waals surface area contributed by atoms with E-state index >= 15 is 0 Å². The van der Waals surface area contributed by atoms with Gasteiger partial charge in [0.1, 0.15) is 18.1 Å². The van der Waals surface area contributed by atoms with Crippen molar-refractivity contribution in [3.05, 3.63) is 86.8 Å². The average molecular weight is 600 g/mol. The molecule has 3 amide bonds. The van der Waals surface area contributed by atoms with Crippen LogP contribution in [0.15, 0.2) is 65.6 Å². The Morgan fingerprint density at radius 3 is 2.30 bits per heavy atom. The number of nitrogen functional groups attached to an aromatic ring is 1. The standard InChI is InChI=1S/C27H27F2N7O7/c1-2-31-21(37)14-33-26(41)27(28,29)23(39)20(12-16-6-4-3-5-7-16)34-22(38)15-35-24(32-13-19(30)25(35)40)17-8-10-18(11-9-17)36(42)43/h3-11,13,20H,2,12,14-15,30H2,1H3,(H,31,37)(H,33,41)(H,34,38). The van der Waals surface area contributed by atoms with Gasteiger partial charge in [-0.15, -0.1) is 0 Å². The van der Waals surface area contributed by atoms with Crippen LogP contribution in [0.3, 0.4) is 0 Å². The van der Waals surface area contributed by atoms with Gasteiger partial charge in [-0.3, -0.25) is 38.7 Å². The first kappa shape index (κ1) is 32.0. The van der Waals surface area contributed by atoms with Crippen LogP contribution in [0.5, 0.6) is 0 Å². The van der Waals surface area contributed by atoms with E-state index in [1.54, 1.807) is 30.4 Å². The van der Waals surface area contributed by atoms with E-state index in [-0.39, 0.29) is 29.3 Å². The molecule has 0 aliphatic rings. The van der Waals surface area contributed by atoms with Crippen LogP contribution < -0.4 is 27.2 Å². The molecule has 0 aliphatic carbocycles. The van der Waals surface area contributed by atoms with Crippen molar-refractivity contribution in [2.75, 3.05) is 18.8 Å². The number of non-ortho nitro benzene ring substituents is 1. The maximum Gasteiger partial charge on any atom is 0.383 e. The third kappa shape index (κ3) is 8.02. The number of nitro benzene ring substituents is 1. The van der Waals surface area contributed by atoms with Gasteiger partial charge in [-0.2, -0.15) is 8.78 Å². The van der Waals surface area contributed by atoms with Gasteiger partial charge in [0.2, 0.25) is 17.6 Å². The zero-order chi connectivity index (χ0) is 31.7. The van der Waals surface area contributed by atoms with Gasteiger partial charge in [0, 0.05) is 30.7 Å². The minimum absolute atomic E-state index is 0.120. The molecule has 1 atom stereocenters. The van der Waals surface area contributed by atoms with Gasteiger partial charge in [0.25, 0.3) is 17.2 Å².